The van der Waals surface area contributed by atoms with Gasteiger partial charge in [-0.1, -0.05) is 35.4 Å². The molecule has 2 aromatic carbocycles. The van der Waals surface area contributed by atoms with E-state index >= 15 is 0 Å². The van der Waals surface area contributed by atoms with E-state index in [9.17, 15) is 14.4 Å². The van der Waals surface area contributed by atoms with E-state index in [1.807, 2.05) is 50.2 Å². The molecule has 0 bridgehead atoms. The van der Waals surface area contributed by atoms with Crippen molar-refractivity contribution in [3.63, 3.8) is 0 Å². The highest BCUT2D eigenvalue weighted by atomic mass is 16.2. The van der Waals surface area contributed by atoms with Gasteiger partial charge in [-0.15, -0.1) is 0 Å². The summed E-state index contributed by atoms with van der Waals surface area (Å²) in [5.41, 5.74) is 3.26. The van der Waals surface area contributed by atoms with Crippen molar-refractivity contribution in [2.75, 3.05) is 26.2 Å². The Bertz CT molecular complexity index is 941. The summed E-state index contributed by atoms with van der Waals surface area (Å²) < 4.78 is 0. The van der Waals surface area contributed by atoms with Gasteiger partial charge in [-0.25, -0.2) is 0 Å². The Morgan fingerprint density at radius 1 is 0.833 bits per heavy atom. The van der Waals surface area contributed by atoms with E-state index in [1.165, 1.54) is 0 Å². The topological polar surface area (TPSA) is 69.7 Å². The van der Waals surface area contributed by atoms with E-state index in [2.05, 4.69) is 5.32 Å². The summed E-state index contributed by atoms with van der Waals surface area (Å²) in [6.45, 7) is 7.72. The van der Waals surface area contributed by atoms with Crippen molar-refractivity contribution in [1.29, 1.82) is 0 Å². The van der Waals surface area contributed by atoms with Crippen LogP contribution in [0.2, 0.25) is 0 Å². The summed E-state index contributed by atoms with van der Waals surface area (Å²) in [4.78, 5) is 41.7. The van der Waals surface area contributed by atoms with Gasteiger partial charge in [0, 0.05) is 37.3 Å². The molecule has 30 heavy (non-hydrogen) atoms. The lowest BCUT2D eigenvalue weighted by molar-refractivity contribution is -0.132. The number of amides is 3. The van der Waals surface area contributed by atoms with Crippen LogP contribution in [0.3, 0.4) is 0 Å². The molecule has 0 saturated carbocycles. The number of hydrogen-bond acceptors (Lipinski definition) is 3. The monoisotopic (exact) mass is 407 g/mol. The van der Waals surface area contributed by atoms with Crippen LogP contribution >= 0.6 is 0 Å². The fourth-order valence-corrected chi connectivity index (χ4v) is 3.70. The third kappa shape index (κ3) is 5.26. The maximum absolute atomic E-state index is 12.9. The van der Waals surface area contributed by atoms with Gasteiger partial charge in [0.1, 0.15) is 6.04 Å². The molecule has 6 heteroatoms. The third-order valence-electron chi connectivity index (χ3n) is 5.36. The van der Waals surface area contributed by atoms with Crippen molar-refractivity contribution in [2.24, 2.45) is 0 Å². The third-order valence-corrected chi connectivity index (χ3v) is 5.36. The second-order valence-corrected chi connectivity index (χ2v) is 7.91. The molecule has 0 aromatic heterocycles. The first kappa shape index (κ1) is 21.6. The van der Waals surface area contributed by atoms with Crippen molar-refractivity contribution in [2.45, 2.75) is 33.2 Å². The normalized spacial score (nSPS) is 15.3. The van der Waals surface area contributed by atoms with Gasteiger partial charge in [0.2, 0.25) is 5.91 Å². The van der Waals surface area contributed by atoms with Crippen molar-refractivity contribution >= 4 is 17.7 Å². The molecule has 6 nitrogen and oxygen atoms in total. The molecule has 0 spiro atoms. The predicted octanol–water partition coefficient (Wildman–Crippen LogP) is 2.80. The molecule has 0 radical (unpaired) electrons. The van der Waals surface area contributed by atoms with E-state index in [1.54, 1.807) is 28.9 Å². The summed E-state index contributed by atoms with van der Waals surface area (Å²) in [6.07, 6.45) is 0.710. The maximum atomic E-state index is 12.9. The summed E-state index contributed by atoms with van der Waals surface area (Å²) in [5.74, 6) is -0.389. The van der Waals surface area contributed by atoms with Gasteiger partial charge in [0.15, 0.2) is 0 Å². The van der Waals surface area contributed by atoms with Crippen LogP contribution in [0.4, 0.5) is 0 Å². The second-order valence-electron chi connectivity index (χ2n) is 7.91. The molecular weight excluding hydrogens is 378 g/mol. The molecule has 1 atom stereocenters. The van der Waals surface area contributed by atoms with Gasteiger partial charge >= 0.3 is 0 Å². The zero-order chi connectivity index (χ0) is 21.7. The lowest BCUT2D eigenvalue weighted by Crippen LogP contribution is -2.48. The number of aryl methyl sites for hydroxylation is 2. The highest BCUT2D eigenvalue weighted by Gasteiger charge is 2.26. The van der Waals surface area contributed by atoms with Crippen LogP contribution in [0.15, 0.2) is 48.5 Å². The van der Waals surface area contributed by atoms with Gasteiger partial charge in [-0.2, -0.15) is 0 Å². The minimum absolute atomic E-state index is 0.00574. The smallest absolute Gasteiger partial charge is 0.253 e. The summed E-state index contributed by atoms with van der Waals surface area (Å²) >= 11 is 0. The van der Waals surface area contributed by atoms with Crippen molar-refractivity contribution in [3.05, 3.63) is 70.8 Å². The quantitative estimate of drug-likeness (QED) is 0.847. The predicted molar refractivity (Wildman–Crippen MR) is 116 cm³/mol. The van der Waals surface area contributed by atoms with Crippen molar-refractivity contribution < 1.29 is 14.4 Å². The van der Waals surface area contributed by atoms with Gasteiger partial charge in [-0.05, 0) is 51.5 Å². The average Bonchev–Trinajstić information content (AvgIpc) is 2.99. The fraction of sp³-hybridized carbons (Fsp3) is 0.375. The van der Waals surface area contributed by atoms with Crippen molar-refractivity contribution in [3.8, 4) is 0 Å². The molecule has 1 aliphatic heterocycles. The molecule has 0 aliphatic carbocycles. The average molecular weight is 408 g/mol. The van der Waals surface area contributed by atoms with E-state index in [0.717, 1.165) is 11.1 Å². The molecule has 3 amide bonds. The van der Waals surface area contributed by atoms with Crippen LogP contribution in [0, 0.1) is 13.8 Å². The first-order valence-electron chi connectivity index (χ1n) is 10.4. The van der Waals surface area contributed by atoms with Crippen LogP contribution in [0.25, 0.3) is 0 Å². The Morgan fingerprint density at radius 3 is 2.07 bits per heavy atom. The molecular formula is C24H29N3O3. The van der Waals surface area contributed by atoms with Gasteiger partial charge in [0.25, 0.3) is 11.8 Å². The number of benzene rings is 2. The summed E-state index contributed by atoms with van der Waals surface area (Å²) in [7, 11) is 0. The summed E-state index contributed by atoms with van der Waals surface area (Å²) in [5, 5.41) is 2.80. The zero-order valence-electron chi connectivity index (χ0n) is 17.9. The number of hydrogen-bond donors (Lipinski definition) is 1. The lowest BCUT2D eigenvalue weighted by Gasteiger charge is -2.25. The van der Waals surface area contributed by atoms with E-state index in [4.69, 9.17) is 0 Å². The Morgan fingerprint density at radius 2 is 1.40 bits per heavy atom. The Balaban J connectivity index is 1.58. The largest absolute Gasteiger partial charge is 0.341 e. The van der Waals surface area contributed by atoms with Crippen LogP contribution in [0.1, 0.15) is 45.2 Å². The molecule has 1 heterocycles. The van der Waals surface area contributed by atoms with E-state index in [0.29, 0.717) is 43.7 Å². The van der Waals surface area contributed by atoms with Crippen LogP contribution in [-0.4, -0.2) is 59.7 Å². The first-order chi connectivity index (χ1) is 14.3. The number of carbonyl (C=O) groups is 3. The van der Waals surface area contributed by atoms with Crippen LogP contribution in [0.5, 0.6) is 0 Å². The highest BCUT2D eigenvalue weighted by molar-refractivity contribution is 5.97. The molecule has 1 N–H and O–H groups in total. The second kappa shape index (κ2) is 9.57. The first-order valence-corrected chi connectivity index (χ1v) is 10.4. The molecule has 2 aromatic rings. The minimum Gasteiger partial charge on any atom is -0.341 e. The zero-order valence-corrected chi connectivity index (χ0v) is 17.9. The molecule has 1 fully saturated rings. The molecule has 158 valence electrons. The number of rotatable bonds is 4. The Hall–Kier alpha value is -3.15. The fourth-order valence-electron chi connectivity index (χ4n) is 3.70. The van der Waals surface area contributed by atoms with E-state index in [-0.39, 0.29) is 17.7 Å². The maximum Gasteiger partial charge on any atom is 0.253 e. The van der Waals surface area contributed by atoms with Gasteiger partial charge in [0.05, 0.1) is 0 Å². The highest BCUT2D eigenvalue weighted by Crippen LogP contribution is 2.12. The summed E-state index contributed by atoms with van der Waals surface area (Å²) in [6, 6.07) is 14.2. The molecule has 1 unspecified atom stereocenters. The molecule has 1 aliphatic rings. The standard InChI is InChI=1S/C24H29N3O3/c1-17-7-4-9-20(15-17)22(28)25-19(3)23(29)26-11-6-12-27(14-13-26)24(30)21-10-5-8-18(2)16-21/h4-5,7-10,15-16,19H,6,11-14H2,1-3H3,(H,25,28). The minimum atomic E-state index is -0.628. The van der Waals surface area contributed by atoms with Gasteiger partial charge < -0.3 is 15.1 Å². The van der Waals surface area contributed by atoms with E-state index < -0.39 is 6.04 Å². The lowest BCUT2D eigenvalue weighted by atomic mass is 10.1. The number of nitrogens with zero attached hydrogens (tertiary/aromatic N) is 2. The van der Waals surface area contributed by atoms with Gasteiger partial charge in [-0.3, -0.25) is 14.4 Å². The van der Waals surface area contributed by atoms with Crippen molar-refractivity contribution in [1.82, 2.24) is 15.1 Å². The Labute approximate surface area is 177 Å². The number of nitrogens with one attached hydrogen (secondary N) is 1. The Kier molecular flexibility index (Phi) is 6.87. The molecule has 1 saturated heterocycles. The van der Waals surface area contributed by atoms with Crippen LogP contribution in [-0.2, 0) is 4.79 Å². The van der Waals surface area contributed by atoms with Crippen LogP contribution < -0.4 is 5.32 Å². The SMILES string of the molecule is Cc1cccc(C(=O)NC(C)C(=O)N2CCCN(C(=O)c3cccc(C)c3)CC2)c1. The number of carbonyl (C=O) groups excluding carboxylic acids is 3. The molecule has 3 rings (SSSR count).